The molecule has 186 valence electrons. The summed E-state index contributed by atoms with van der Waals surface area (Å²) < 4.78 is 6.08. The molecule has 1 saturated heterocycles. The number of rotatable bonds is 6. The maximum Gasteiger partial charge on any atom is 0.338 e. The third-order valence-electron chi connectivity index (χ3n) is 8.08. The Hall–Kier alpha value is -3.58. The number of amides is 2. The minimum atomic E-state index is -0.684. The van der Waals surface area contributed by atoms with E-state index in [0.717, 1.165) is 17.3 Å². The summed E-state index contributed by atoms with van der Waals surface area (Å²) in [5.74, 6) is -1.35. The quantitative estimate of drug-likeness (QED) is 0.230. The van der Waals surface area contributed by atoms with Crippen molar-refractivity contribution in [2.75, 3.05) is 11.5 Å². The first kappa shape index (κ1) is 23.8. The molecular weight excluding hydrogens is 534 g/mol. The first-order chi connectivity index (χ1) is 17.9. The van der Waals surface area contributed by atoms with Crippen LogP contribution in [0.15, 0.2) is 83.3 Å². The van der Waals surface area contributed by atoms with Gasteiger partial charge in [0.05, 0.1) is 23.1 Å². The third-order valence-corrected chi connectivity index (χ3v) is 8.61. The lowest BCUT2D eigenvalue weighted by Crippen LogP contribution is -2.33. The standard InChI is InChI=1S/C30H24BrNO5/c31-21-11-9-18(10-12-21)25(33)16-37-30(36)19-7-4-8-22(13-19)32-28(34)26-20-14-23(17-5-2-1-3-6-17)24(15-20)27(26)29(32)35/h1-13,20,23-24,26-27H,14-16H2/t20-,23-,24+,26+,27+/m0/s1. The Morgan fingerprint density at radius 3 is 2.32 bits per heavy atom. The van der Waals surface area contributed by atoms with Crippen LogP contribution in [-0.2, 0) is 14.3 Å². The molecule has 1 aliphatic heterocycles. The van der Waals surface area contributed by atoms with E-state index < -0.39 is 12.6 Å². The normalized spacial score (nSPS) is 25.9. The molecule has 5 atom stereocenters. The number of halogens is 1. The predicted molar refractivity (Wildman–Crippen MR) is 140 cm³/mol. The van der Waals surface area contributed by atoms with Gasteiger partial charge in [0.1, 0.15) is 0 Å². The van der Waals surface area contributed by atoms with E-state index in [1.54, 1.807) is 42.5 Å². The highest BCUT2D eigenvalue weighted by Crippen LogP contribution is 2.61. The van der Waals surface area contributed by atoms with Crippen LogP contribution in [0.5, 0.6) is 0 Å². The van der Waals surface area contributed by atoms with Gasteiger partial charge in [-0.05, 0) is 66.5 Å². The van der Waals surface area contributed by atoms with E-state index in [4.69, 9.17) is 4.74 Å². The molecule has 0 radical (unpaired) electrons. The maximum absolute atomic E-state index is 13.6. The number of carbonyl (C=O) groups excluding carboxylic acids is 4. The largest absolute Gasteiger partial charge is 0.454 e. The van der Waals surface area contributed by atoms with Gasteiger partial charge in [-0.1, -0.05) is 64.5 Å². The molecule has 0 spiro atoms. The van der Waals surface area contributed by atoms with Crippen LogP contribution in [0, 0.1) is 23.7 Å². The second kappa shape index (κ2) is 9.38. The molecule has 6 rings (SSSR count). The summed E-state index contributed by atoms with van der Waals surface area (Å²) in [6.45, 7) is -0.402. The van der Waals surface area contributed by atoms with Crippen LogP contribution in [0.3, 0.4) is 0 Å². The first-order valence-corrected chi connectivity index (χ1v) is 13.2. The molecule has 2 amide bonds. The average molecular weight is 558 g/mol. The Labute approximate surface area is 222 Å². The number of hydrogen-bond donors (Lipinski definition) is 0. The van der Waals surface area contributed by atoms with Crippen LogP contribution in [-0.4, -0.2) is 30.2 Å². The Morgan fingerprint density at radius 2 is 1.57 bits per heavy atom. The lowest BCUT2D eigenvalue weighted by Gasteiger charge is -2.28. The number of fused-ring (bicyclic) bond motifs is 5. The van der Waals surface area contributed by atoms with Gasteiger partial charge in [0.15, 0.2) is 12.4 Å². The Bertz CT molecular complexity index is 1400. The Kier molecular flexibility index (Phi) is 6.03. The second-order valence-electron chi connectivity index (χ2n) is 10.0. The van der Waals surface area contributed by atoms with Gasteiger partial charge >= 0.3 is 5.97 Å². The number of anilines is 1. The van der Waals surface area contributed by atoms with Gasteiger partial charge in [-0.15, -0.1) is 0 Å². The van der Waals surface area contributed by atoms with E-state index in [1.165, 1.54) is 16.5 Å². The zero-order valence-corrected chi connectivity index (χ0v) is 21.5. The van der Waals surface area contributed by atoms with Gasteiger partial charge in [0.25, 0.3) is 0 Å². The zero-order valence-electron chi connectivity index (χ0n) is 19.9. The second-order valence-corrected chi connectivity index (χ2v) is 10.9. The summed E-state index contributed by atoms with van der Waals surface area (Å²) in [6.07, 6.45) is 1.82. The molecule has 2 bridgehead atoms. The molecule has 3 aromatic carbocycles. The summed E-state index contributed by atoms with van der Waals surface area (Å²) in [4.78, 5) is 53.4. The van der Waals surface area contributed by atoms with Crippen LogP contribution in [0.4, 0.5) is 5.69 Å². The molecule has 3 fully saturated rings. The molecular formula is C30H24BrNO5. The summed E-state index contributed by atoms with van der Waals surface area (Å²) in [5.41, 5.74) is 2.22. The van der Waals surface area contributed by atoms with Gasteiger partial charge in [0, 0.05) is 10.0 Å². The summed E-state index contributed by atoms with van der Waals surface area (Å²) >= 11 is 3.32. The number of esters is 1. The maximum atomic E-state index is 13.6. The number of ether oxygens (including phenoxy) is 1. The van der Waals surface area contributed by atoms with Crippen molar-refractivity contribution in [3.8, 4) is 0 Å². The molecule has 2 saturated carbocycles. The van der Waals surface area contributed by atoms with Crippen LogP contribution in [0.2, 0.25) is 0 Å². The Morgan fingerprint density at radius 1 is 0.838 bits per heavy atom. The van der Waals surface area contributed by atoms with Crippen molar-refractivity contribution in [3.05, 3.63) is 100 Å². The van der Waals surface area contributed by atoms with E-state index in [2.05, 4.69) is 28.1 Å². The van der Waals surface area contributed by atoms with Gasteiger partial charge in [-0.3, -0.25) is 19.3 Å². The number of carbonyl (C=O) groups is 4. The van der Waals surface area contributed by atoms with Gasteiger partial charge in [-0.25, -0.2) is 4.79 Å². The number of ketones is 1. The Balaban J connectivity index is 1.18. The first-order valence-electron chi connectivity index (χ1n) is 12.4. The van der Waals surface area contributed by atoms with Crippen molar-refractivity contribution in [1.29, 1.82) is 0 Å². The number of nitrogens with zero attached hydrogens (tertiary/aromatic N) is 1. The summed E-state index contributed by atoms with van der Waals surface area (Å²) in [6, 6.07) is 23.4. The van der Waals surface area contributed by atoms with E-state index in [-0.39, 0.29) is 52.8 Å². The van der Waals surface area contributed by atoms with Gasteiger partial charge < -0.3 is 4.74 Å². The SMILES string of the molecule is O=C(COC(=O)c1cccc(N2C(=O)[C@@H]3[C@@H]4C[C@@H]([C@H]3C2=O)[C@H](c2ccccc2)C4)c1)c1ccc(Br)cc1. The predicted octanol–water partition coefficient (Wildman–Crippen LogP) is 5.42. The molecule has 0 unspecified atom stereocenters. The molecule has 3 aliphatic rings. The van der Waals surface area contributed by atoms with Crippen molar-refractivity contribution in [2.45, 2.75) is 18.8 Å². The molecule has 3 aromatic rings. The molecule has 37 heavy (non-hydrogen) atoms. The minimum Gasteiger partial charge on any atom is -0.454 e. The fourth-order valence-corrected chi connectivity index (χ4v) is 6.77. The van der Waals surface area contributed by atoms with E-state index in [1.807, 2.05) is 18.2 Å². The van der Waals surface area contributed by atoms with E-state index in [0.29, 0.717) is 11.3 Å². The lowest BCUT2D eigenvalue weighted by atomic mass is 9.73. The van der Waals surface area contributed by atoms with Gasteiger partial charge in [-0.2, -0.15) is 0 Å². The van der Waals surface area contributed by atoms with Crippen molar-refractivity contribution in [1.82, 2.24) is 0 Å². The third kappa shape index (κ3) is 4.11. The van der Waals surface area contributed by atoms with Crippen LogP contribution >= 0.6 is 15.9 Å². The van der Waals surface area contributed by atoms with E-state index in [9.17, 15) is 19.2 Å². The topological polar surface area (TPSA) is 80.8 Å². The van der Waals surface area contributed by atoms with Crippen molar-refractivity contribution >= 4 is 45.2 Å². The highest BCUT2D eigenvalue weighted by Gasteiger charge is 2.64. The number of hydrogen-bond acceptors (Lipinski definition) is 5. The lowest BCUT2D eigenvalue weighted by molar-refractivity contribution is -0.123. The summed E-state index contributed by atoms with van der Waals surface area (Å²) in [7, 11) is 0. The fourth-order valence-electron chi connectivity index (χ4n) is 6.50. The number of imide groups is 1. The highest BCUT2D eigenvalue weighted by atomic mass is 79.9. The molecule has 6 nitrogen and oxygen atoms in total. The van der Waals surface area contributed by atoms with Crippen molar-refractivity contribution in [3.63, 3.8) is 0 Å². The molecule has 0 N–H and O–H groups in total. The minimum absolute atomic E-state index is 0.150. The molecule has 1 heterocycles. The fraction of sp³-hybridized carbons (Fsp3) is 0.267. The summed E-state index contributed by atoms with van der Waals surface area (Å²) in [5, 5.41) is 0. The molecule has 0 aromatic heterocycles. The zero-order chi connectivity index (χ0) is 25.7. The van der Waals surface area contributed by atoms with Crippen molar-refractivity contribution < 1.29 is 23.9 Å². The van der Waals surface area contributed by atoms with Crippen molar-refractivity contribution in [2.24, 2.45) is 23.7 Å². The molecule has 7 heteroatoms. The van der Waals surface area contributed by atoms with E-state index >= 15 is 0 Å². The highest BCUT2D eigenvalue weighted by molar-refractivity contribution is 9.10. The number of Topliss-reactive ketones (excluding diaryl/α,β-unsaturated/α-hetero) is 1. The van der Waals surface area contributed by atoms with Crippen LogP contribution < -0.4 is 4.90 Å². The van der Waals surface area contributed by atoms with Crippen LogP contribution in [0.1, 0.15) is 45.0 Å². The van der Waals surface area contributed by atoms with Crippen LogP contribution in [0.25, 0.3) is 0 Å². The molecule has 2 aliphatic carbocycles. The number of benzene rings is 3. The smallest absolute Gasteiger partial charge is 0.338 e. The van der Waals surface area contributed by atoms with Gasteiger partial charge in [0.2, 0.25) is 11.8 Å². The average Bonchev–Trinajstić information content (AvgIpc) is 3.59. The monoisotopic (exact) mass is 557 g/mol.